The Bertz CT molecular complexity index is 777. The lowest BCUT2D eigenvalue weighted by molar-refractivity contribution is 0.350. The van der Waals surface area contributed by atoms with Gasteiger partial charge in [-0.1, -0.05) is 11.8 Å². The van der Waals surface area contributed by atoms with Crippen molar-refractivity contribution < 1.29 is 17.9 Å². The predicted octanol–water partition coefficient (Wildman–Crippen LogP) is 0.371. The van der Waals surface area contributed by atoms with Gasteiger partial charge >= 0.3 is 0 Å². The molecule has 1 aromatic carbocycles. The lowest BCUT2D eigenvalue weighted by atomic mass is 10.2. The molecule has 0 bridgehead atoms. The number of aliphatic hydroxyl groups excluding tert-OH is 1. The smallest absolute Gasteiger partial charge is 0.242 e. The monoisotopic (exact) mass is 309 g/mol. The summed E-state index contributed by atoms with van der Waals surface area (Å²) in [5.74, 6) is 4.56. The van der Waals surface area contributed by atoms with Crippen molar-refractivity contribution in [3.8, 4) is 11.8 Å². The first-order chi connectivity index (χ1) is 10.0. The number of aromatic nitrogens is 2. The summed E-state index contributed by atoms with van der Waals surface area (Å²) < 4.78 is 40.0. The van der Waals surface area contributed by atoms with Crippen molar-refractivity contribution >= 4 is 10.0 Å². The highest BCUT2D eigenvalue weighted by atomic mass is 32.2. The Morgan fingerprint density at radius 2 is 2.24 bits per heavy atom. The largest absolute Gasteiger partial charge is 0.384 e. The molecule has 0 aliphatic carbocycles. The maximum absolute atomic E-state index is 13.2. The third kappa shape index (κ3) is 3.88. The Hall–Kier alpha value is -2.21. The molecule has 110 valence electrons. The van der Waals surface area contributed by atoms with Crippen LogP contribution in [0.5, 0.6) is 0 Å². The van der Waals surface area contributed by atoms with E-state index < -0.39 is 22.4 Å². The summed E-state index contributed by atoms with van der Waals surface area (Å²) in [5, 5.41) is 8.67. The van der Waals surface area contributed by atoms with Crippen LogP contribution in [0.25, 0.3) is 0 Å². The molecule has 6 nitrogen and oxygen atoms in total. The third-order valence-corrected chi connectivity index (χ3v) is 3.98. The van der Waals surface area contributed by atoms with Crippen LogP contribution in [-0.4, -0.2) is 30.1 Å². The van der Waals surface area contributed by atoms with Crippen molar-refractivity contribution in [3.63, 3.8) is 0 Å². The average molecular weight is 309 g/mol. The summed E-state index contributed by atoms with van der Waals surface area (Å²) >= 11 is 0. The van der Waals surface area contributed by atoms with Crippen molar-refractivity contribution in [2.24, 2.45) is 0 Å². The zero-order valence-corrected chi connectivity index (χ0v) is 11.6. The van der Waals surface area contributed by atoms with Crippen molar-refractivity contribution in [2.45, 2.75) is 11.4 Å². The number of aliphatic hydroxyl groups is 1. The van der Waals surface area contributed by atoms with Gasteiger partial charge in [0.2, 0.25) is 10.0 Å². The maximum atomic E-state index is 13.2. The van der Waals surface area contributed by atoms with Crippen molar-refractivity contribution in [3.05, 3.63) is 47.8 Å². The Kier molecular flexibility index (Phi) is 4.70. The van der Waals surface area contributed by atoms with E-state index >= 15 is 0 Å². The predicted molar refractivity (Wildman–Crippen MR) is 73.0 cm³/mol. The standard InChI is InChI=1S/C13H12FN3O3S/c14-11-3-4-12(10(8-11)2-1-7-18)21(19,20)17-9-13-15-5-6-16-13/h3-6,8,17-18H,7,9H2,(H,15,16). The van der Waals surface area contributed by atoms with E-state index in [-0.39, 0.29) is 17.0 Å². The van der Waals surface area contributed by atoms with Crippen LogP contribution in [0.15, 0.2) is 35.5 Å². The summed E-state index contributed by atoms with van der Waals surface area (Å²) in [7, 11) is -3.87. The minimum Gasteiger partial charge on any atom is -0.384 e. The molecule has 21 heavy (non-hydrogen) atoms. The van der Waals surface area contributed by atoms with Gasteiger partial charge in [-0.2, -0.15) is 0 Å². The van der Waals surface area contributed by atoms with E-state index in [1.54, 1.807) is 6.20 Å². The van der Waals surface area contributed by atoms with E-state index in [0.29, 0.717) is 5.82 Å². The topological polar surface area (TPSA) is 95.1 Å². The second-order valence-corrected chi connectivity index (χ2v) is 5.70. The Balaban J connectivity index is 2.30. The van der Waals surface area contributed by atoms with Gasteiger partial charge in [0.15, 0.2) is 0 Å². The van der Waals surface area contributed by atoms with Crippen LogP contribution >= 0.6 is 0 Å². The number of halogens is 1. The van der Waals surface area contributed by atoms with Gasteiger partial charge < -0.3 is 10.1 Å². The van der Waals surface area contributed by atoms with Crippen LogP contribution in [0.1, 0.15) is 11.4 Å². The molecule has 3 N–H and O–H groups in total. The molecule has 1 aromatic heterocycles. The van der Waals surface area contributed by atoms with Crippen LogP contribution in [0.2, 0.25) is 0 Å². The number of sulfonamides is 1. The van der Waals surface area contributed by atoms with E-state index in [4.69, 9.17) is 5.11 Å². The van der Waals surface area contributed by atoms with Crippen molar-refractivity contribution in [1.29, 1.82) is 0 Å². The van der Waals surface area contributed by atoms with Gasteiger partial charge in [0.25, 0.3) is 0 Å². The molecular formula is C13H12FN3O3S. The summed E-state index contributed by atoms with van der Waals surface area (Å²) in [6, 6.07) is 3.16. The zero-order valence-electron chi connectivity index (χ0n) is 10.8. The van der Waals surface area contributed by atoms with Gasteiger partial charge in [-0.25, -0.2) is 22.5 Å². The Morgan fingerprint density at radius 1 is 1.43 bits per heavy atom. The Labute approximate surface area is 121 Å². The molecule has 0 amide bonds. The first kappa shape index (κ1) is 15.2. The molecule has 0 aliphatic heterocycles. The van der Waals surface area contributed by atoms with Crippen molar-refractivity contribution in [2.75, 3.05) is 6.61 Å². The normalized spacial score (nSPS) is 11.0. The number of aromatic amines is 1. The lowest BCUT2D eigenvalue weighted by Gasteiger charge is -2.07. The van der Waals surface area contributed by atoms with Crippen LogP contribution in [-0.2, 0) is 16.6 Å². The fraction of sp³-hybridized carbons (Fsp3) is 0.154. The molecule has 0 unspecified atom stereocenters. The zero-order chi connectivity index (χ0) is 15.3. The maximum Gasteiger partial charge on any atom is 0.242 e. The molecule has 2 aromatic rings. The van der Waals surface area contributed by atoms with Crippen LogP contribution in [0, 0.1) is 17.7 Å². The van der Waals surface area contributed by atoms with E-state index in [1.807, 2.05) is 0 Å². The highest BCUT2D eigenvalue weighted by Gasteiger charge is 2.18. The number of hydrogen-bond acceptors (Lipinski definition) is 4. The molecule has 0 saturated carbocycles. The fourth-order valence-corrected chi connectivity index (χ4v) is 2.73. The summed E-state index contributed by atoms with van der Waals surface area (Å²) in [4.78, 5) is 6.50. The average Bonchev–Trinajstić information content (AvgIpc) is 2.96. The number of benzene rings is 1. The van der Waals surface area contributed by atoms with Crippen LogP contribution in [0.3, 0.4) is 0 Å². The van der Waals surface area contributed by atoms with Gasteiger partial charge in [-0.05, 0) is 18.2 Å². The molecule has 2 rings (SSSR count). The molecule has 8 heteroatoms. The lowest BCUT2D eigenvalue weighted by Crippen LogP contribution is -2.24. The summed E-state index contributed by atoms with van der Waals surface area (Å²) in [6.45, 7) is -0.477. The second kappa shape index (κ2) is 6.49. The number of hydrogen-bond donors (Lipinski definition) is 3. The summed E-state index contributed by atoms with van der Waals surface area (Å²) in [6.07, 6.45) is 3.07. The minimum atomic E-state index is -3.87. The van der Waals surface area contributed by atoms with Gasteiger partial charge in [0.1, 0.15) is 18.2 Å². The first-order valence-electron chi connectivity index (χ1n) is 5.90. The van der Waals surface area contributed by atoms with E-state index in [1.165, 1.54) is 6.20 Å². The minimum absolute atomic E-state index is 0.0176. The highest BCUT2D eigenvalue weighted by Crippen LogP contribution is 2.16. The third-order valence-electron chi connectivity index (χ3n) is 2.52. The van der Waals surface area contributed by atoms with Gasteiger partial charge in [-0.3, -0.25) is 0 Å². The SMILES string of the molecule is O=S(=O)(NCc1ncc[nH]1)c1ccc(F)cc1C#CCO. The highest BCUT2D eigenvalue weighted by molar-refractivity contribution is 7.89. The number of nitrogens with zero attached hydrogens (tertiary/aromatic N) is 1. The molecule has 0 saturated heterocycles. The first-order valence-corrected chi connectivity index (χ1v) is 7.38. The van der Waals surface area contributed by atoms with Crippen LogP contribution in [0.4, 0.5) is 4.39 Å². The molecule has 0 aliphatic rings. The van der Waals surface area contributed by atoms with Gasteiger partial charge in [0.05, 0.1) is 11.4 Å². The number of nitrogens with one attached hydrogen (secondary N) is 2. The van der Waals surface area contributed by atoms with Gasteiger partial charge in [0, 0.05) is 18.0 Å². The molecule has 0 spiro atoms. The fourth-order valence-electron chi connectivity index (χ4n) is 1.60. The molecule has 1 heterocycles. The molecule has 0 atom stereocenters. The van der Waals surface area contributed by atoms with Crippen LogP contribution < -0.4 is 4.72 Å². The van der Waals surface area contributed by atoms with E-state index in [0.717, 1.165) is 18.2 Å². The second-order valence-electron chi connectivity index (χ2n) is 3.96. The Morgan fingerprint density at radius 3 is 2.90 bits per heavy atom. The number of H-pyrrole nitrogens is 1. The summed E-state index contributed by atoms with van der Waals surface area (Å²) in [5.41, 5.74) is -0.0176. The molecule has 0 radical (unpaired) electrons. The molecule has 0 fully saturated rings. The quantitative estimate of drug-likeness (QED) is 0.711. The number of rotatable bonds is 4. The number of imidazole rings is 1. The van der Waals surface area contributed by atoms with Gasteiger partial charge in [-0.15, -0.1) is 0 Å². The van der Waals surface area contributed by atoms with Crippen molar-refractivity contribution in [1.82, 2.24) is 14.7 Å². The van der Waals surface area contributed by atoms with E-state index in [9.17, 15) is 12.8 Å². The molecular weight excluding hydrogens is 297 g/mol. The van der Waals surface area contributed by atoms with E-state index in [2.05, 4.69) is 26.5 Å².